The summed E-state index contributed by atoms with van der Waals surface area (Å²) in [5, 5.41) is 7.04. The number of halogens is 1. The molecule has 4 heteroatoms. The summed E-state index contributed by atoms with van der Waals surface area (Å²) in [6.07, 6.45) is 2.83. The van der Waals surface area contributed by atoms with Crippen LogP contribution in [0.3, 0.4) is 0 Å². The molecule has 1 saturated heterocycles. The van der Waals surface area contributed by atoms with Crippen LogP contribution in [0, 0.1) is 0 Å². The molecule has 1 heterocycles. The summed E-state index contributed by atoms with van der Waals surface area (Å²) in [5.41, 5.74) is 1.04. The Morgan fingerprint density at radius 2 is 2.44 bits per heavy atom. The van der Waals surface area contributed by atoms with Gasteiger partial charge in [-0.25, -0.2) is 0 Å². The minimum atomic E-state index is -0.00222. The van der Waals surface area contributed by atoms with E-state index in [1.807, 2.05) is 31.2 Å². The van der Waals surface area contributed by atoms with Crippen LogP contribution in [-0.2, 0) is 4.79 Å². The predicted molar refractivity (Wildman–Crippen MR) is 73.7 cm³/mol. The topological polar surface area (TPSA) is 41.1 Å². The highest BCUT2D eigenvalue weighted by molar-refractivity contribution is 6.30. The second-order valence-electron chi connectivity index (χ2n) is 4.84. The first kappa shape index (κ1) is 13.4. The number of hydrogen-bond donors (Lipinski definition) is 2. The number of carbonyl (C=O) groups excluding carboxylic acids is 1. The lowest BCUT2D eigenvalue weighted by Crippen LogP contribution is -2.33. The molecule has 2 rings (SSSR count). The average Bonchev–Trinajstić information content (AvgIpc) is 2.81. The third-order valence-electron chi connectivity index (χ3n) is 3.32. The highest BCUT2D eigenvalue weighted by atomic mass is 35.5. The summed E-state index contributed by atoms with van der Waals surface area (Å²) in [6.45, 7) is 3.01. The Morgan fingerprint density at radius 3 is 3.11 bits per heavy atom. The Morgan fingerprint density at radius 1 is 1.61 bits per heavy atom. The van der Waals surface area contributed by atoms with E-state index in [-0.39, 0.29) is 11.9 Å². The molecule has 0 spiro atoms. The molecule has 1 unspecified atom stereocenters. The van der Waals surface area contributed by atoms with E-state index in [0.717, 1.165) is 18.5 Å². The van der Waals surface area contributed by atoms with Crippen molar-refractivity contribution in [2.75, 3.05) is 6.54 Å². The van der Waals surface area contributed by atoms with Gasteiger partial charge in [-0.05, 0) is 44.0 Å². The predicted octanol–water partition coefficient (Wildman–Crippen LogP) is 2.66. The molecule has 0 radical (unpaired) electrons. The van der Waals surface area contributed by atoms with Crippen molar-refractivity contribution in [2.24, 2.45) is 0 Å². The molecule has 1 aliphatic heterocycles. The second-order valence-corrected chi connectivity index (χ2v) is 5.28. The first-order valence-electron chi connectivity index (χ1n) is 6.43. The van der Waals surface area contributed by atoms with E-state index in [1.165, 1.54) is 6.42 Å². The van der Waals surface area contributed by atoms with Crippen LogP contribution in [0.1, 0.15) is 37.8 Å². The van der Waals surface area contributed by atoms with E-state index in [9.17, 15) is 4.79 Å². The second kappa shape index (κ2) is 6.21. The van der Waals surface area contributed by atoms with Gasteiger partial charge in [0.05, 0.1) is 6.04 Å². The van der Waals surface area contributed by atoms with E-state index in [0.29, 0.717) is 17.5 Å². The zero-order chi connectivity index (χ0) is 13.0. The molecule has 0 bridgehead atoms. The minimum Gasteiger partial charge on any atom is -0.350 e. The number of carbonyl (C=O) groups is 1. The number of benzene rings is 1. The molecule has 0 aliphatic carbocycles. The Kier molecular flexibility index (Phi) is 4.61. The Hall–Kier alpha value is -1.06. The van der Waals surface area contributed by atoms with E-state index >= 15 is 0 Å². The van der Waals surface area contributed by atoms with Gasteiger partial charge in [-0.3, -0.25) is 4.79 Å². The number of amides is 1. The number of nitrogens with one attached hydrogen (secondary N) is 2. The molecule has 0 aromatic heterocycles. The molecule has 1 aliphatic rings. The summed E-state index contributed by atoms with van der Waals surface area (Å²) in [6, 6.07) is 7.94. The summed E-state index contributed by atoms with van der Waals surface area (Å²) in [5.74, 6) is 0.0990. The average molecular weight is 267 g/mol. The molecular formula is C14H19ClN2O. The molecular weight excluding hydrogens is 248 g/mol. The smallest absolute Gasteiger partial charge is 0.222 e. The Bertz CT molecular complexity index is 416. The van der Waals surface area contributed by atoms with Crippen LogP contribution in [0.2, 0.25) is 5.02 Å². The molecule has 1 aromatic rings. The van der Waals surface area contributed by atoms with Crippen LogP contribution in [0.4, 0.5) is 0 Å². The first-order valence-corrected chi connectivity index (χ1v) is 6.81. The van der Waals surface area contributed by atoms with Crippen LogP contribution in [0.15, 0.2) is 24.3 Å². The van der Waals surface area contributed by atoms with Crippen LogP contribution < -0.4 is 10.6 Å². The van der Waals surface area contributed by atoms with Crippen molar-refractivity contribution in [3.05, 3.63) is 34.9 Å². The zero-order valence-electron chi connectivity index (χ0n) is 10.6. The van der Waals surface area contributed by atoms with Crippen molar-refractivity contribution in [1.82, 2.24) is 10.6 Å². The maximum absolute atomic E-state index is 11.9. The maximum Gasteiger partial charge on any atom is 0.222 e. The van der Waals surface area contributed by atoms with E-state index in [2.05, 4.69) is 10.6 Å². The van der Waals surface area contributed by atoms with Crippen LogP contribution in [0.5, 0.6) is 0 Å². The van der Waals surface area contributed by atoms with Gasteiger partial charge in [-0.2, -0.15) is 0 Å². The van der Waals surface area contributed by atoms with Crippen molar-refractivity contribution >= 4 is 17.5 Å². The van der Waals surface area contributed by atoms with E-state index < -0.39 is 0 Å². The third-order valence-corrected chi connectivity index (χ3v) is 3.56. The lowest BCUT2D eigenvalue weighted by molar-refractivity contribution is -0.122. The van der Waals surface area contributed by atoms with Gasteiger partial charge in [0.1, 0.15) is 0 Å². The van der Waals surface area contributed by atoms with Crippen LogP contribution >= 0.6 is 11.6 Å². The van der Waals surface area contributed by atoms with Gasteiger partial charge in [-0.1, -0.05) is 23.7 Å². The molecule has 1 fully saturated rings. The van der Waals surface area contributed by atoms with Gasteiger partial charge in [0.25, 0.3) is 0 Å². The SMILES string of the molecule is C[C@H](NC(=O)CC1CCCN1)c1cccc(Cl)c1. The Balaban J connectivity index is 1.86. The summed E-state index contributed by atoms with van der Waals surface area (Å²) < 4.78 is 0. The fourth-order valence-corrected chi connectivity index (χ4v) is 2.51. The Labute approximate surface area is 113 Å². The van der Waals surface area contributed by atoms with Gasteiger partial charge < -0.3 is 10.6 Å². The van der Waals surface area contributed by atoms with Gasteiger partial charge in [-0.15, -0.1) is 0 Å². The van der Waals surface area contributed by atoms with Gasteiger partial charge in [0.2, 0.25) is 5.91 Å². The summed E-state index contributed by atoms with van der Waals surface area (Å²) in [4.78, 5) is 11.9. The van der Waals surface area contributed by atoms with E-state index in [4.69, 9.17) is 11.6 Å². The fraction of sp³-hybridized carbons (Fsp3) is 0.500. The van der Waals surface area contributed by atoms with Crippen molar-refractivity contribution in [3.8, 4) is 0 Å². The van der Waals surface area contributed by atoms with Crippen LogP contribution in [-0.4, -0.2) is 18.5 Å². The van der Waals surface area contributed by atoms with Gasteiger partial charge in [0.15, 0.2) is 0 Å². The first-order chi connectivity index (χ1) is 8.65. The molecule has 98 valence electrons. The van der Waals surface area contributed by atoms with E-state index in [1.54, 1.807) is 0 Å². The van der Waals surface area contributed by atoms with Gasteiger partial charge in [0, 0.05) is 17.5 Å². The standard InChI is InChI=1S/C14H19ClN2O/c1-10(11-4-2-5-12(15)8-11)17-14(18)9-13-6-3-7-16-13/h2,4-5,8,10,13,16H,3,6-7,9H2,1H3,(H,17,18)/t10-,13?/m0/s1. The molecule has 18 heavy (non-hydrogen) atoms. The summed E-state index contributed by atoms with van der Waals surface area (Å²) in [7, 11) is 0. The molecule has 1 amide bonds. The molecule has 2 atom stereocenters. The zero-order valence-corrected chi connectivity index (χ0v) is 11.3. The van der Waals surface area contributed by atoms with Crippen molar-refractivity contribution in [2.45, 2.75) is 38.3 Å². The fourth-order valence-electron chi connectivity index (χ4n) is 2.31. The molecule has 0 saturated carbocycles. The normalized spacial score (nSPS) is 20.7. The molecule has 1 aromatic carbocycles. The number of rotatable bonds is 4. The highest BCUT2D eigenvalue weighted by Crippen LogP contribution is 2.18. The quantitative estimate of drug-likeness (QED) is 0.880. The lowest BCUT2D eigenvalue weighted by Gasteiger charge is -2.16. The van der Waals surface area contributed by atoms with Gasteiger partial charge >= 0.3 is 0 Å². The minimum absolute atomic E-state index is 0.00222. The maximum atomic E-state index is 11.9. The van der Waals surface area contributed by atoms with Crippen molar-refractivity contribution in [3.63, 3.8) is 0 Å². The largest absolute Gasteiger partial charge is 0.350 e. The molecule has 3 nitrogen and oxygen atoms in total. The monoisotopic (exact) mass is 266 g/mol. The summed E-state index contributed by atoms with van der Waals surface area (Å²) >= 11 is 5.94. The molecule has 2 N–H and O–H groups in total. The third kappa shape index (κ3) is 3.72. The number of hydrogen-bond acceptors (Lipinski definition) is 2. The van der Waals surface area contributed by atoms with Crippen LogP contribution in [0.25, 0.3) is 0 Å². The lowest BCUT2D eigenvalue weighted by atomic mass is 10.1. The highest BCUT2D eigenvalue weighted by Gasteiger charge is 2.18. The van der Waals surface area contributed by atoms with Crippen molar-refractivity contribution < 1.29 is 4.79 Å². The van der Waals surface area contributed by atoms with Crippen molar-refractivity contribution in [1.29, 1.82) is 0 Å².